The van der Waals surface area contributed by atoms with Gasteiger partial charge in [0.25, 0.3) is 5.91 Å². The van der Waals surface area contributed by atoms with Crippen molar-refractivity contribution in [1.82, 2.24) is 10.3 Å². The highest BCUT2D eigenvalue weighted by atomic mass is 79.9. The van der Waals surface area contributed by atoms with Crippen LogP contribution in [0.2, 0.25) is 5.02 Å². The molecule has 0 fully saturated rings. The van der Waals surface area contributed by atoms with E-state index in [0.29, 0.717) is 16.5 Å². The quantitative estimate of drug-likeness (QED) is 0.846. The van der Waals surface area contributed by atoms with Crippen molar-refractivity contribution in [3.8, 4) is 0 Å². The molecule has 1 aromatic rings. The Labute approximate surface area is 115 Å². The second kappa shape index (κ2) is 6.97. The van der Waals surface area contributed by atoms with Gasteiger partial charge in [0.05, 0.1) is 10.6 Å². The van der Waals surface area contributed by atoms with Crippen LogP contribution in [0.15, 0.2) is 18.5 Å². The van der Waals surface area contributed by atoms with Crippen LogP contribution in [0.4, 0.5) is 0 Å². The molecule has 3 nitrogen and oxygen atoms in total. The molecule has 0 spiro atoms. The second-order valence-corrected chi connectivity index (χ2v) is 5.36. The van der Waals surface area contributed by atoms with E-state index in [1.807, 2.05) is 0 Å². The van der Waals surface area contributed by atoms with Crippen LogP contribution in [0.1, 0.15) is 30.6 Å². The minimum Gasteiger partial charge on any atom is -0.349 e. The van der Waals surface area contributed by atoms with Crippen molar-refractivity contribution >= 4 is 33.4 Å². The smallest absolute Gasteiger partial charge is 0.253 e. The first-order chi connectivity index (χ1) is 8.06. The lowest BCUT2D eigenvalue weighted by molar-refractivity contribution is 0.0925. The average Bonchev–Trinajstić information content (AvgIpc) is 2.28. The van der Waals surface area contributed by atoms with Gasteiger partial charge in [0, 0.05) is 23.8 Å². The third-order valence-corrected chi connectivity index (χ3v) is 3.32. The van der Waals surface area contributed by atoms with Crippen LogP contribution in [0.5, 0.6) is 0 Å². The number of hydrogen-bond acceptors (Lipinski definition) is 2. The lowest BCUT2D eigenvalue weighted by Gasteiger charge is -2.21. The zero-order valence-electron chi connectivity index (χ0n) is 9.91. The standard InChI is InChI=1S/C12H16BrClN2O/c1-8(2)11(3-5-13)16-12(17)9-4-6-15-7-10(9)14/h4,6-8,11H,3,5H2,1-2H3,(H,16,17). The summed E-state index contributed by atoms with van der Waals surface area (Å²) in [6, 6.07) is 1.77. The fourth-order valence-electron chi connectivity index (χ4n) is 1.50. The number of nitrogens with zero attached hydrogens (tertiary/aromatic N) is 1. The Balaban J connectivity index is 2.74. The van der Waals surface area contributed by atoms with Crippen molar-refractivity contribution in [1.29, 1.82) is 0 Å². The summed E-state index contributed by atoms with van der Waals surface area (Å²) in [6.07, 6.45) is 3.94. The Hall–Kier alpha value is -0.610. The molecular weight excluding hydrogens is 304 g/mol. The fourth-order valence-corrected chi connectivity index (χ4v) is 2.19. The highest BCUT2D eigenvalue weighted by Crippen LogP contribution is 2.15. The van der Waals surface area contributed by atoms with Crippen LogP contribution < -0.4 is 5.32 Å². The third-order valence-electron chi connectivity index (χ3n) is 2.56. The molecule has 0 aromatic carbocycles. The monoisotopic (exact) mass is 318 g/mol. The Morgan fingerprint density at radius 1 is 1.59 bits per heavy atom. The van der Waals surface area contributed by atoms with E-state index in [1.54, 1.807) is 12.3 Å². The number of nitrogens with one attached hydrogen (secondary N) is 1. The van der Waals surface area contributed by atoms with E-state index in [4.69, 9.17) is 11.6 Å². The first-order valence-electron chi connectivity index (χ1n) is 5.52. The van der Waals surface area contributed by atoms with Gasteiger partial charge in [-0.15, -0.1) is 0 Å². The molecule has 94 valence electrons. The van der Waals surface area contributed by atoms with Gasteiger partial charge in [0.15, 0.2) is 0 Å². The number of carbonyl (C=O) groups is 1. The minimum absolute atomic E-state index is 0.142. The summed E-state index contributed by atoms with van der Waals surface area (Å²) >= 11 is 9.32. The van der Waals surface area contributed by atoms with Crippen LogP contribution in [-0.4, -0.2) is 22.3 Å². The molecule has 0 saturated carbocycles. The summed E-state index contributed by atoms with van der Waals surface area (Å²) in [4.78, 5) is 15.9. The van der Waals surface area contributed by atoms with Crippen LogP contribution in [0.3, 0.4) is 0 Å². The van der Waals surface area contributed by atoms with E-state index < -0.39 is 0 Å². The molecule has 0 aliphatic carbocycles. The van der Waals surface area contributed by atoms with E-state index in [9.17, 15) is 4.79 Å². The number of carbonyl (C=O) groups excluding carboxylic acids is 1. The molecule has 0 radical (unpaired) electrons. The number of aromatic nitrogens is 1. The molecule has 0 saturated heterocycles. The SMILES string of the molecule is CC(C)C(CCBr)NC(=O)c1ccncc1Cl. The Kier molecular flexibility index (Phi) is 5.92. The van der Waals surface area contributed by atoms with Gasteiger partial charge in [0.2, 0.25) is 0 Å². The van der Waals surface area contributed by atoms with Gasteiger partial charge < -0.3 is 5.32 Å². The van der Waals surface area contributed by atoms with Crippen molar-refractivity contribution in [2.24, 2.45) is 5.92 Å². The molecule has 1 rings (SSSR count). The molecule has 1 unspecified atom stereocenters. The first kappa shape index (κ1) is 14.5. The van der Waals surface area contributed by atoms with Gasteiger partial charge in [-0.1, -0.05) is 41.4 Å². The molecule has 1 atom stereocenters. The number of hydrogen-bond donors (Lipinski definition) is 1. The number of pyridine rings is 1. The number of alkyl halides is 1. The summed E-state index contributed by atoms with van der Waals surface area (Å²) in [5.41, 5.74) is 0.474. The van der Waals surface area contributed by atoms with Crippen LogP contribution in [-0.2, 0) is 0 Å². The number of amides is 1. The largest absolute Gasteiger partial charge is 0.349 e. The summed E-state index contributed by atoms with van der Waals surface area (Å²) in [6.45, 7) is 4.17. The van der Waals surface area contributed by atoms with E-state index in [2.05, 4.69) is 40.1 Å². The van der Waals surface area contributed by atoms with Gasteiger partial charge in [-0.25, -0.2) is 0 Å². The lowest BCUT2D eigenvalue weighted by Crippen LogP contribution is -2.38. The second-order valence-electron chi connectivity index (χ2n) is 4.16. The molecule has 17 heavy (non-hydrogen) atoms. The molecule has 1 N–H and O–H groups in total. The first-order valence-corrected chi connectivity index (χ1v) is 7.02. The molecule has 0 bridgehead atoms. The normalized spacial score (nSPS) is 12.5. The van der Waals surface area contributed by atoms with E-state index in [0.717, 1.165) is 11.8 Å². The van der Waals surface area contributed by atoms with Gasteiger partial charge in [-0.3, -0.25) is 9.78 Å². The Bertz CT molecular complexity index is 385. The zero-order chi connectivity index (χ0) is 12.8. The molecule has 5 heteroatoms. The predicted octanol–water partition coefficient (Wildman–Crippen LogP) is 3.27. The Morgan fingerprint density at radius 3 is 2.82 bits per heavy atom. The third kappa shape index (κ3) is 4.28. The predicted molar refractivity (Wildman–Crippen MR) is 73.8 cm³/mol. The summed E-state index contributed by atoms with van der Waals surface area (Å²) in [5, 5.41) is 4.24. The van der Waals surface area contributed by atoms with E-state index >= 15 is 0 Å². The summed E-state index contributed by atoms with van der Waals surface area (Å²) in [7, 11) is 0. The van der Waals surface area contributed by atoms with Crippen LogP contribution in [0, 0.1) is 5.92 Å². The molecule has 0 aliphatic rings. The molecule has 1 aromatic heterocycles. The Morgan fingerprint density at radius 2 is 2.29 bits per heavy atom. The van der Waals surface area contributed by atoms with Crippen molar-refractivity contribution in [3.05, 3.63) is 29.0 Å². The molecule has 0 aliphatic heterocycles. The van der Waals surface area contributed by atoms with Crippen LogP contribution >= 0.6 is 27.5 Å². The molecular formula is C12H16BrClN2O. The maximum Gasteiger partial charge on any atom is 0.253 e. The molecule has 1 heterocycles. The lowest BCUT2D eigenvalue weighted by atomic mass is 10.0. The minimum atomic E-state index is -0.142. The number of rotatable bonds is 5. The van der Waals surface area contributed by atoms with Gasteiger partial charge >= 0.3 is 0 Å². The average molecular weight is 320 g/mol. The van der Waals surface area contributed by atoms with Crippen LogP contribution in [0.25, 0.3) is 0 Å². The maximum absolute atomic E-state index is 12.0. The van der Waals surface area contributed by atoms with Gasteiger partial charge in [0.1, 0.15) is 0 Å². The number of halogens is 2. The van der Waals surface area contributed by atoms with Gasteiger partial charge in [-0.05, 0) is 18.4 Å². The van der Waals surface area contributed by atoms with E-state index in [-0.39, 0.29) is 11.9 Å². The maximum atomic E-state index is 12.0. The topological polar surface area (TPSA) is 42.0 Å². The fraction of sp³-hybridized carbons (Fsp3) is 0.500. The van der Waals surface area contributed by atoms with Crippen molar-refractivity contribution in [2.75, 3.05) is 5.33 Å². The summed E-state index contributed by atoms with van der Waals surface area (Å²) < 4.78 is 0. The zero-order valence-corrected chi connectivity index (χ0v) is 12.3. The van der Waals surface area contributed by atoms with Gasteiger partial charge in [-0.2, -0.15) is 0 Å². The van der Waals surface area contributed by atoms with E-state index in [1.165, 1.54) is 6.20 Å². The molecule has 1 amide bonds. The highest BCUT2D eigenvalue weighted by molar-refractivity contribution is 9.09. The van der Waals surface area contributed by atoms with Crippen molar-refractivity contribution in [2.45, 2.75) is 26.3 Å². The van der Waals surface area contributed by atoms with Crippen molar-refractivity contribution < 1.29 is 4.79 Å². The summed E-state index contributed by atoms with van der Waals surface area (Å²) in [5.74, 6) is 0.245. The van der Waals surface area contributed by atoms with Crippen molar-refractivity contribution in [3.63, 3.8) is 0 Å². The highest BCUT2D eigenvalue weighted by Gasteiger charge is 2.17.